The first-order chi connectivity index (χ1) is 13.3. The first-order valence-corrected chi connectivity index (χ1v) is 10.9. The zero-order valence-corrected chi connectivity index (χ0v) is 18.1. The molecular weight excluding hydrogens is 448 g/mol. The van der Waals surface area contributed by atoms with Crippen molar-refractivity contribution in [1.29, 1.82) is 0 Å². The number of hydrogen-bond donors (Lipinski definition) is 2. The summed E-state index contributed by atoms with van der Waals surface area (Å²) in [5.74, 6) is 0.220. The maximum Gasteiger partial charge on any atom is 0.240 e. The molecule has 0 saturated carbocycles. The Morgan fingerprint density at radius 1 is 1.14 bits per heavy atom. The number of carbonyl (C=O) groups is 1. The lowest BCUT2D eigenvalue weighted by atomic mass is 10.2. The number of benzene rings is 2. The SMILES string of the molecule is COCCOc1cc(C)ccc1NC(=O)CCNS(=O)(=O)c1cccc(Br)c1. The maximum absolute atomic E-state index is 12.3. The van der Waals surface area contributed by atoms with Gasteiger partial charge in [-0.05, 0) is 42.8 Å². The van der Waals surface area contributed by atoms with E-state index in [4.69, 9.17) is 9.47 Å². The second-order valence-electron chi connectivity index (χ2n) is 5.99. The van der Waals surface area contributed by atoms with Crippen LogP contribution in [0.15, 0.2) is 51.8 Å². The van der Waals surface area contributed by atoms with Gasteiger partial charge in [0.05, 0.1) is 17.2 Å². The van der Waals surface area contributed by atoms with Gasteiger partial charge in [-0.1, -0.05) is 28.1 Å². The molecule has 0 aromatic heterocycles. The highest BCUT2D eigenvalue weighted by molar-refractivity contribution is 9.10. The summed E-state index contributed by atoms with van der Waals surface area (Å²) in [6.07, 6.45) is -0.0153. The maximum atomic E-state index is 12.3. The lowest BCUT2D eigenvalue weighted by Crippen LogP contribution is -2.28. The quantitative estimate of drug-likeness (QED) is 0.520. The van der Waals surface area contributed by atoms with E-state index in [0.29, 0.717) is 29.1 Å². The minimum atomic E-state index is -3.68. The van der Waals surface area contributed by atoms with Crippen LogP contribution < -0.4 is 14.8 Å². The van der Waals surface area contributed by atoms with Gasteiger partial charge in [0.2, 0.25) is 15.9 Å². The molecule has 9 heteroatoms. The summed E-state index contributed by atoms with van der Waals surface area (Å²) < 4.78 is 38.2. The second-order valence-corrected chi connectivity index (χ2v) is 8.68. The molecule has 2 N–H and O–H groups in total. The topological polar surface area (TPSA) is 93.7 Å². The van der Waals surface area contributed by atoms with Crippen LogP contribution in [-0.4, -0.2) is 41.2 Å². The number of nitrogens with one attached hydrogen (secondary N) is 2. The highest BCUT2D eigenvalue weighted by atomic mass is 79.9. The van der Waals surface area contributed by atoms with Crippen LogP contribution in [0.5, 0.6) is 5.75 Å². The molecule has 0 aliphatic heterocycles. The third kappa shape index (κ3) is 6.90. The molecular formula is C19H23BrN2O5S. The van der Waals surface area contributed by atoms with E-state index in [-0.39, 0.29) is 23.8 Å². The van der Waals surface area contributed by atoms with E-state index in [0.717, 1.165) is 5.56 Å². The summed E-state index contributed by atoms with van der Waals surface area (Å²) in [6, 6.07) is 11.8. The van der Waals surface area contributed by atoms with Crippen molar-refractivity contribution in [2.75, 3.05) is 32.2 Å². The van der Waals surface area contributed by atoms with Gasteiger partial charge in [-0.25, -0.2) is 13.1 Å². The standard InChI is InChI=1S/C19H23BrN2O5S/c1-14-6-7-17(18(12-14)27-11-10-26-2)22-19(23)8-9-21-28(24,25)16-5-3-4-15(20)13-16/h3-7,12-13,21H,8-11H2,1-2H3,(H,22,23). The molecule has 0 saturated heterocycles. The third-order valence-corrected chi connectivity index (χ3v) is 5.66. The number of aryl methyl sites for hydroxylation is 1. The number of carbonyl (C=O) groups excluding carboxylic acids is 1. The lowest BCUT2D eigenvalue weighted by molar-refractivity contribution is -0.116. The molecule has 7 nitrogen and oxygen atoms in total. The zero-order valence-electron chi connectivity index (χ0n) is 15.7. The molecule has 0 unspecified atom stereocenters. The number of sulfonamides is 1. The van der Waals surface area contributed by atoms with Crippen LogP contribution in [0.25, 0.3) is 0 Å². The van der Waals surface area contributed by atoms with Crippen molar-refractivity contribution >= 4 is 37.5 Å². The van der Waals surface area contributed by atoms with Gasteiger partial charge in [0.1, 0.15) is 12.4 Å². The molecule has 0 heterocycles. The van der Waals surface area contributed by atoms with Crippen LogP contribution in [-0.2, 0) is 19.6 Å². The van der Waals surface area contributed by atoms with Gasteiger partial charge in [-0.2, -0.15) is 0 Å². The monoisotopic (exact) mass is 470 g/mol. The Morgan fingerprint density at radius 3 is 2.64 bits per heavy atom. The van der Waals surface area contributed by atoms with E-state index in [9.17, 15) is 13.2 Å². The number of halogens is 1. The van der Waals surface area contributed by atoms with E-state index < -0.39 is 10.0 Å². The minimum absolute atomic E-state index is 0.0153. The van der Waals surface area contributed by atoms with E-state index in [1.165, 1.54) is 12.1 Å². The van der Waals surface area contributed by atoms with Gasteiger partial charge in [-0.15, -0.1) is 0 Å². The lowest BCUT2D eigenvalue weighted by Gasteiger charge is -2.13. The molecule has 0 aliphatic rings. The molecule has 1 amide bonds. The Morgan fingerprint density at radius 2 is 1.93 bits per heavy atom. The van der Waals surface area contributed by atoms with Crippen molar-refractivity contribution in [2.45, 2.75) is 18.2 Å². The van der Waals surface area contributed by atoms with Crippen LogP contribution in [0.3, 0.4) is 0 Å². The van der Waals surface area contributed by atoms with Crippen molar-refractivity contribution in [3.05, 3.63) is 52.5 Å². The molecule has 2 rings (SSSR count). The average Bonchev–Trinajstić information content (AvgIpc) is 2.64. The molecule has 2 aromatic rings. The number of anilines is 1. The van der Waals surface area contributed by atoms with Gasteiger partial charge in [0, 0.05) is 24.5 Å². The highest BCUT2D eigenvalue weighted by Gasteiger charge is 2.15. The number of ether oxygens (including phenoxy) is 2. The Bertz CT molecular complexity index is 918. The van der Waals surface area contributed by atoms with Gasteiger partial charge in [0.15, 0.2) is 0 Å². The molecule has 0 spiro atoms. The first kappa shape index (κ1) is 22.4. The van der Waals surface area contributed by atoms with Gasteiger partial charge in [-0.3, -0.25) is 4.79 Å². The van der Waals surface area contributed by atoms with Gasteiger partial charge < -0.3 is 14.8 Å². The Labute approximate surface area is 173 Å². The zero-order chi connectivity index (χ0) is 20.6. The molecule has 0 aliphatic carbocycles. The molecule has 28 heavy (non-hydrogen) atoms. The van der Waals surface area contributed by atoms with E-state index in [1.807, 2.05) is 19.1 Å². The summed E-state index contributed by atoms with van der Waals surface area (Å²) in [4.78, 5) is 12.4. The Hall–Kier alpha value is -1.94. The van der Waals surface area contributed by atoms with E-state index >= 15 is 0 Å². The molecule has 0 bridgehead atoms. The summed E-state index contributed by atoms with van der Waals surface area (Å²) in [5.41, 5.74) is 1.52. The van der Waals surface area contributed by atoms with Crippen molar-refractivity contribution < 1.29 is 22.7 Å². The van der Waals surface area contributed by atoms with Crippen LogP contribution in [0.1, 0.15) is 12.0 Å². The normalized spacial score (nSPS) is 11.2. The Kier molecular flexibility index (Phi) is 8.43. The van der Waals surface area contributed by atoms with Crippen LogP contribution >= 0.6 is 15.9 Å². The predicted molar refractivity (Wildman–Crippen MR) is 111 cm³/mol. The van der Waals surface area contributed by atoms with Crippen LogP contribution in [0, 0.1) is 6.92 Å². The van der Waals surface area contributed by atoms with Crippen molar-refractivity contribution in [3.8, 4) is 5.75 Å². The summed E-state index contributed by atoms with van der Waals surface area (Å²) >= 11 is 3.24. The smallest absolute Gasteiger partial charge is 0.240 e. The molecule has 2 aromatic carbocycles. The highest BCUT2D eigenvalue weighted by Crippen LogP contribution is 2.26. The molecule has 0 fully saturated rings. The summed E-state index contributed by atoms with van der Waals surface area (Å²) in [5, 5.41) is 2.75. The number of methoxy groups -OCH3 is 1. The molecule has 0 radical (unpaired) electrons. The van der Waals surface area contributed by atoms with E-state index in [1.54, 1.807) is 25.3 Å². The molecule has 152 valence electrons. The minimum Gasteiger partial charge on any atom is -0.489 e. The fourth-order valence-electron chi connectivity index (χ4n) is 2.32. The number of rotatable bonds is 10. The second kappa shape index (κ2) is 10.6. The van der Waals surface area contributed by atoms with Crippen LogP contribution in [0.4, 0.5) is 5.69 Å². The number of hydrogen-bond acceptors (Lipinski definition) is 5. The van der Waals surface area contributed by atoms with Crippen molar-refractivity contribution in [1.82, 2.24) is 4.72 Å². The van der Waals surface area contributed by atoms with Crippen molar-refractivity contribution in [3.63, 3.8) is 0 Å². The molecule has 0 atom stereocenters. The van der Waals surface area contributed by atoms with Gasteiger partial charge >= 0.3 is 0 Å². The predicted octanol–water partition coefficient (Wildman–Crippen LogP) is 3.09. The fourth-order valence-corrected chi connectivity index (χ4v) is 3.94. The largest absolute Gasteiger partial charge is 0.489 e. The van der Waals surface area contributed by atoms with E-state index in [2.05, 4.69) is 26.0 Å². The number of amides is 1. The Balaban J connectivity index is 1.92. The summed E-state index contributed by atoms with van der Waals surface area (Å²) in [7, 11) is -2.10. The first-order valence-electron chi connectivity index (χ1n) is 8.59. The van der Waals surface area contributed by atoms with Crippen molar-refractivity contribution in [2.24, 2.45) is 0 Å². The van der Waals surface area contributed by atoms with Gasteiger partial charge in [0.25, 0.3) is 0 Å². The third-order valence-electron chi connectivity index (χ3n) is 3.71. The summed E-state index contributed by atoms with van der Waals surface area (Å²) in [6.45, 7) is 2.69. The van der Waals surface area contributed by atoms with Crippen LogP contribution in [0.2, 0.25) is 0 Å². The average molecular weight is 471 g/mol. The fraction of sp³-hybridized carbons (Fsp3) is 0.316.